The molecule has 8 nitrogen and oxygen atoms in total. The zero-order valence-corrected chi connectivity index (χ0v) is 22.3. The number of para-hydroxylation sites is 1. The van der Waals surface area contributed by atoms with Gasteiger partial charge in [0.1, 0.15) is 30.0 Å². The minimum atomic E-state index is -0.955. The van der Waals surface area contributed by atoms with Gasteiger partial charge in [-0.15, -0.1) is 0 Å². The molecule has 0 heterocycles. The van der Waals surface area contributed by atoms with Gasteiger partial charge in [0.05, 0.1) is 14.2 Å². The van der Waals surface area contributed by atoms with Crippen molar-refractivity contribution in [3.05, 3.63) is 114 Å². The number of alkyl carbamates (subject to hydrolysis) is 1. The van der Waals surface area contributed by atoms with E-state index in [2.05, 4.69) is 34.9 Å². The van der Waals surface area contributed by atoms with Crippen LogP contribution in [0.4, 0.5) is 4.79 Å². The van der Waals surface area contributed by atoms with Crippen molar-refractivity contribution in [1.82, 2.24) is 10.6 Å². The zero-order chi connectivity index (χ0) is 27.9. The number of carbonyl (C=O) groups excluding carboxylic acids is 2. The molecule has 0 radical (unpaired) electrons. The predicted octanol–water partition coefficient (Wildman–Crippen LogP) is 5.44. The smallest absolute Gasteiger partial charge is 0.409 e. The number of carbonyl (C=O) groups is 2. The van der Waals surface area contributed by atoms with Crippen LogP contribution in [0.5, 0.6) is 17.2 Å². The molecule has 204 valence electrons. The van der Waals surface area contributed by atoms with Crippen LogP contribution in [0.15, 0.2) is 97.1 Å². The molecule has 0 saturated heterocycles. The molecule has 1 atom stereocenters. The van der Waals surface area contributed by atoms with Gasteiger partial charge in [0, 0.05) is 17.5 Å². The van der Waals surface area contributed by atoms with Crippen molar-refractivity contribution in [1.29, 1.82) is 0 Å². The maximum atomic E-state index is 13.1. The Kier molecular flexibility index (Phi) is 8.15. The molecule has 0 aliphatic heterocycles. The van der Waals surface area contributed by atoms with Crippen LogP contribution in [0.25, 0.3) is 11.1 Å². The SMILES string of the molecule is COc1ccc(C(NC(=O)COc2ccccc2)NC(=O)OCC2c3ccccc3-c3ccccc32)c(OC)c1. The van der Waals surface area contributed by atoms with Crippen LogP contribution in [-0.4, -0.2) is 39.4 Å². The van der Waals surface area contributed by atoms with Crippen LogP contribution in [0, 0.1) is 0 Å². The second-order valence-electron chi connectivity index (χ2n) is 9.18. The third-order valence-electron chi connectivity index (χ3n) is 6.78. The summed E-state index contributed by atoms with van der Waals surface area (Å²) in [6.07, 6.45) is -1.64. The summed E-state index contributed by atoms with van der Waals surface area (Å²) in [5, 5.41) is 5.59. The average molecular weight is 539 g/mol. The van der Waals surface area contributed by atoms with Crippen LogP contribution in [0.2, 0.25) is 0 Å². The molecular weight excluding hydrogens is 508 g/mol. The highest BCUT2D eigenvalue weighted by Crippen LogP contribution is 2.44. The number of fused-ring (bicyclic) bond motifs is 3. The molecule has 4 aromatic carbocycles. The highest BCUT2D eigenvalue weighted by molar-refractivity contribution is 5.80. The van der Waals surface area contributed by atoms with Gasteiger partial charge >= 0.3 is 6.09 Å². The molecule has 8 heteroatoms. The Morgan fingerprint density at radius 1 is 0.750 bits per heavy atom. The Labute approximate surface area is 232 Å². The zero-order valence-electron chi connectivity index (χ0n) is 22.3. The first-order valence-corrected chi connectivity index (χ1v) is 12.9. The largest absolute Gasteiger partial charge is 0.497 e. The molecule has 1 unspecified atom stereocenters. The second kappa shape index (κ2) is 12.3. The number of rotatable bonds is 10. The van der Waals surface area contributed by atoms with Gasteiger partial charge in [0.2, 0.25) is 0 Å². The van der Waals surface area contributed by atoms with E-state index in [-0.39, 0.29) is 19.1 Å². The summed E-state index contributed by atoms with van der Waals surface area (Å²) in [4.78, 5) is 26.0. The van der Waals surface area contributed by atoms with Crippen molar-refractivity contribution >= 4 is 12.0 Å². The van der Waals surface area contributed by atoms with Crippen molar-refractivity contribution < 1.29 is 28.5 Å². The molecule has 2 N–H and O–H groups in total. The number of nitrogens with one attached hydrogen (secondary N) is 2. The molecule has 1 aliphatic carbocycles. The number of amides is 2. The van der Waals surface area contributed by atoms with E-state index in [4.69, 9.17) is 18.9 Å². The molecule has 1 aliphatic rings. The highest BCUT2D eigenvalue weighted by atomic mass is 16.5. The van der Waals surface area contributed by atoms with Gasteiger partial charge in [-0.25, -0.2) is 4.79 Å². The van der Waals surface area contributed by atoms with Crippen molar-refractivity contribution in [3.63, 3.8) is 0 Å². The first kappa shape index (κ1) is 26.6. The Morgan fingerprint density at radius 3 is 2.05 bits per heavy atom. The van der Waals surface area contributed by atoms with E-state index in [0.29, 0.717) is 22.8 Å². The fourth-order valence-corrected chi connectivity index (χ4v) is 4.87. The van der Waals surface area contributed by atoms with E-state index in [0.717, 1.165) is 22.3 Å². The number of hydrogen-bond acceptors (Lipinski definition) is 6. The number of hydrogen-bond donors (Lipinski definition) is 2. The lowest BCUT2D eigenvalue weighted by Crippen LogP contribution is -2.43. The topological polar surface area (TPSA) is 95.1 Å². The van der Waals surface area contributed by atoms with Gasteiger partial charge in [-0.3, -0.25) is 10.1 Å². The van der Waals surface area contributed by atoms with Gasteiger partial charge in [-0.1, -0.05) is 66.7 Å². The summed E-state index contributed by atoms with van der Waals surface area (Å²) in [7, 11) is 3.05. The quantitative estimate of drug-likeness (QED) is 0.261. The van der Waals surface area contributed by atoms with Crippen molar-refractivity contribution in [2.45, 2.75) is 12.1 Å². The Bertz CT molecular complexity index is 1440. The Morgan fingerprint density at radius 2 is 1.40 bits per heavy atom. The molecule has 4 aromatic rings. The van der Waals surface area contributed by atoms with E-state index in [1.165, 1.54) is 7.11 Å². The third kappa shape index (κ3) is 5.86. The number of methoxy groups -OCH3 is 2. The van der Waals surface area contributed by atoms with E-state index in [1.807, 2.05) is 42.5 Å². The van der Waals surface area contributed by atoms with Gasteiger partial charge in [-0.2, -0.15) is 0 Å². The van der Waals surface area contributed by atoms with Gasteiger partial charge < -0.3 is 24.3 Å². The summed E-state index contributed by atoms with van der Waals surface area (Å²) < 4.78 is 22.1. The van der Waals surface area contributed by atoms with Crippen molar-refractivity contribution in [3.8, 4) is 28.4 Å². The predicted molar refractivity (Wildman–Crippen MR) is 151 cm³/mol. The van der Waals surface area contributed by atoms with E-state index >= 15 is 0 Å². The first-order valence-electron chi connectivity index (χ1n) is 12.9. The Balaban J connectivity index is 1.31. The lowest BCUT2D eigenvalue weighted by Gasteiger charge is -2.23. The first-order chi connectivity index (χ1) is 19.6. The molecule has 40 heavy (non-hydrogen) atoms. The lowest BCUT2D eigenvalue weighted by atomic mass is 9.98. The molecule has 0 aromatic heterocycles. The minimum absolute atomic E-state index is 0.0963. The molecule has 0 spiro atoms. The molecular formula is C32H30N2O6. The van der Waals surface area contributed by atoms with Gasteiger partial charge in [-0.05, 0) is 46.5 Å². The van der Waals surface area contributed by atoms with Crippen LogP contribution in [-0.2, 0) is 9.53 Å². The summed E-state index contributed by atoms with van der Waals surface area (Å²) in [6, 6.07) is 30.3. The van der Waals surface area contributed by atoms with E-state index in [9.17, 15) is 9.59 Å². The maximum Gasteiger partial charge on any atom is 0.409 e. The number of ether oxygens (including phenoxy) is 4. The van der Waals surface area contributed by atoms with Crippen molar-refractivity contribution in [2.24, 2.45) is 0 Å². The fourth-order valence-electron chi connectivity index (χ4n) is 4.87. The third-order valence-corrected chi connectivity index (χ3v) is 6.78. The highest BCUT2D eigenvalue weighted by Gasteiger charge is 2.30. The molecule has 0 saturated carbocycles. The maximum absolute atomic E-state index is 13.1. The summed E-state index contributed by atoms with van der Waals surface area (Å²) >= 11 is 0. The van der Waals surface area contributed by atoms with Gasteiger partial charge in [0.15, 0.2) is 6.61 Å². The molecule has 5 rings (SSSR count). The normalized spacial score (nSPS) is 12.4. The molecule has 0 bridgehead atoms. The second-order valence-corrected chi connectivity index (χ2v) is 9.18. The summed E-state index contributed by atoms with van der Waals surface area (Å²) in [6.45, 7) is -0.108. The van der Waals surface area contributed by atoms with Crippen LogP contribution in [0.1, 0.15) is 28.8 Å². The van der Waals surface area contributed by atoms with Crippen LogP contribution < -0.4 is 24.8 Å². The van der Waals surface area contributed by atoms with Crippen molar-refractivity contribution in [2.75, 3.05) is 27.4 Å². The fraction of sp³-hybridized carbons (Fsp3) is 0.188. The molecule has 2 amide bonds. The van der Waals surface area contributed by atoms with E-state index < -0.39 is 18.2 Å². The molecule has 0 fully saturated rings. The lowest BCUT2D eigenvalue weighted by molar-refractivity contribution is -0.124. The Hall–Kier alpha value is -4.98. The van der Waals surface area contributed by atoms with Gasteiger partial charge in [0.25, 0.3) is 5.91 Å². The summed E-state index contributed by atoms with van der Waals surface area (Å²) in [5.41, 5.74) is 5.01. The monoisotopic (exact) mass is 538 g/mol. The standard InChI is InChI=1S/C32H30N2O6/c1-37-22-16-17-27(29(18-22)38-2)31(33-30(35)20-39-21-10-4-3-5-11-21)34-32(36)40-19-28-25-14-8-6-12-23(25)24-13-7-9-15-26(24)28/h3-18,28,31H,19-20H2,1-2H3,(H,33,35)(H,34,36). The summed E-state index contributed by atoms with van der Waals surface area (Å²) in [5.74, 6) is 1.01. The minimum Gasteiger partial charge on any atom is -0.497 e. The van der Waals surface area contributed by atoms with E-state index in [1.54, 1.807) is 37.4 Å². The van der Waals surface area contributed by atoms with Crippen LogP contribution >= 0.6 is 0 Å². The number of benzene rings is 4. The average Bonchev–Trinajstić information content (AvgIpc) is 3.32. The van der Waals surface area contributed by atoms with Crippen LogP contribution in [0.3, 0.4) is 0 Å².